The lowest BCUT2D eigenvalue weighted by molar-refractivity contribution is 1.22. The number of para-hydroxylation sites is 1. The number of nitrogens with zero attached hydrogens (tertiary/aromatic N) is 2. The Hall–Kier alpha value is -8.46. The summed E-state index contributed by atoms with van der Waals surface area (Å²) in [6, 6.07) is 83.9. The van der Waals surface area contributed by atoms with Crippen LogP contribution in [0.2, 0.25) is 0 Å². The second-order valence-electron chi connectivity index (χ2n) is 17.3. The van der Waals surface area contributed by atoms with Gasteiger partial charge in [-0.3, -0.25) is 0 Å². The van der Waals surface area contributed by atoms with Gasteiger partial charge in [0, 0.05) is 34.0 Å². The fourth-order valence-corrected chi connectivity index (χ4v) is 10.0. The maximum atomic E-state index is 2.43. The molecule has 0 heterocycles. The van der Waals surface area contributed by atoms with E-state index in [1.54, 1.807) is 0 Å². The minimum atomic E-state index is 0.961. The highest BCUT2D eigenvalue weighted by atomic mass is 15.1. The highest BCUT2D eigenvalue weighted by molar-refractivity contribution is 6.08. The molecule has 0 aliphatic heterocycles. The van der Waals surface area contributed by atoms with E-state index in [9.17, 15) is 0 Å². The van der Waals surface area contributed by atoms with Crippen molar-refractivity contribution in [2.45, 2.75) is 12.8 Å². The van der Waals surface area contributed by atoms with Crippen LogP contribution in [0.1, 0.15) is 22.3 Å². The predicted octanol–water partition coefficient (Wildman–Crippen LogP) is 17.6. The monoisotopic (exact) mass is 842 g/mol. The van der Waals surface area contributed by atoms with Gasteiger partial charge < -0.3 is 9.80 Å². The van der Waals surface area contributed by atoms with Crippen LogP contribution in [0.4, 0.5) is 34.1 Å². The summed E-state index contributed by atoms with van der Waals surface area (Å²) in [5.41, 5.74) is 21.6. The maximum Gasteiger partial charge on any atom is 0.0546 e. The molecular formula is C64H46N2. The topological polar surface area (TPSA) is 6.48 Å². The summed E-state index contributed by atoms with van der Waals surface area (Å²) in [6.45, 7) is 0. The third kappa shape index (κ3) is 7.29. The molecule has 0 saturated carbocycles. The average molecular weight is 843 g/mol. The number of anilines is 6. The van der Waals surface area contributed by atoms with Crippen molar-refractivity contribution in [2.75, 3.05) is 9.80 Å². The fraction of sp³-hybridized carbons (Fsp3) is 0.0312. The number of hydrogen-bond acceptors (Lipinski definition) is 2. The Labute approximate surface area is 387 Å². The normalized spacial score (nSPS) is 12.3. The average Bonchev–Trinajstić information content (AvgIpc) is 3.40. The van der Waals surface area contributed by atoms with Gasteiger partial charge in [0.05, 0.1) is 5.69 Å². The van der Waals surface area contributed by atoms with Gasteiger partial charge in [-0.2, -0.15) is 0 Å². The molecule has 312 valence electrons. The van der Waals surface area contributed by atoms with Crippen molar-refractivity contribution in [3.05, 3.63) is 265 Å². The largest absolute Gasteiger partial charge is 0.310 e. The minimum Gasteiger partial charge on any atom is -0.310 e. The Kier molecular flexibility index (Phi) is 10.0. The zero-order chi connectivity index (χ0) is 43.8. The van der Waals surface area contributed by atoms with E-state index in [4.69, 9.17) is 0 Å². The zero-order valence-electron chi connectivity index (χ0n) is 36.6. The van der Waals surface area contributed by atoms with Crippen molar-refractivity contribution in [1.82, 2.24) is 0 Å². The Balaban J connectivity index is 0.937. The zero-order valence-corrected chi connectivity index (χ0v) is 36.6. The lowest BCUT2D eigenvalue weighted by Crippen LogP contribution is -2.13. The molecule has 0 amide bonds. The number of allylic oxidation sites excluding steroid dienone is 2. The summed E-state index contributed by atoms with van der Waals surface area (Å²) >= 11 is 0. The van der Waals surface area contributed by atoms with Gasteiger partial charge in [-0.05, 0) is 158 Å². The molecular weight excluding hydrogens is 797 g/mol. The molecule has 2 heteroatoms. The van der Waals surface area contributed by atoms with Gasteiger partial charge in [-0.25, -0.2) is 0 Å². The van der Waals surface area contributed by atoms with Crippen LogP contribution in [0.5, 0.6) is 0 Å². The van der Waals surface area contributed by atoms with Gasteiger partial charge in [0.2, 0.25) is 0 Å². The van der Waals surface area contributed by atoms with Crippen molar-refractivity contribution in [3.63, 3.8) is 0 Å². The fourth-order valence-electron chi connectivity index (χ4n) is 10.0. The van der Waals surface area contributed by atoms with Crippen LogP contribution in [0.3, 0.4) is 0 Å². The van der Waals surface area contributed by atoms with E-state index in [1.807, 2.05) is 0 Å². The maximum absolute atomic E-state index is 2.43. The first-order valence-corrected chi connectivity index (χ1v) is 22.9. The first-order chi connectivity index (χ1) is 32.7. The standard InChI is InChI=1S/C64H46N2/c1-5-15-45(16-6-1)48-29-35-57(36-30-48)65(60-42-54(46-17-7-2-8-18-46)41-55(43-60)47-19-9-3-10-20-47)58-37-31-49(32-38-58)50-33-39-59(40-34-50)66(56-24-11-4-12-25-56)62-44-53-23-13-21-51-27-28-52-22-14-26-61(62)64(52)63(51)53/h1-20,23-44H,21-22H2. The summed E-state index contributed by atoms with van der Waals surface area (Å²) in [7, 11) is 0. The second kappa shape index (κ2) is 16.9. The van der Waals surface area contributed by atoms with Crippen LogP contribution in [0.25, 0.3) is 67.4 Å². The molecule has 0 spiro atoms. The van der Waals surface area contributed by atoms with Crippen LogP contribution in [-0.4, -0.2) is 0 Å². The van der Waals surface area contributed by atoms with Crippen molar-refractivity contribution < 1.29 is 0 Å². The second-order valence-corrected chi connectivity index (χ2v) is 17.3. The summed E-state index contributed by atoms with van der Waals surface area (Å²) in [5, 5.41) is 2.81. The molecule has 2 aliphatic rings. The first kappa shape index (κ1) is 39.2. The van der Waals surface area contributed by atoms with Gasteiger partial charge in [0.15, 0.2) is 0 Å². The molecule has 0 N–H and O–H groups in total. The van der Waals surface area contributed by atoms with E-state index in [0.717, 1.165) is 46.8 Å². The molecule has 12 rings (SSSR count). The van der Waals surface area contributed by atoms with E-state index in [-0.39, 0.29) is 0 Å². The quantitative estimate of drug-likeness (QED) is 0.135. The lowest BCUT2D eigenvalue weighted by Gasteiger charge is -2.31. The van der Waals surface area contributed by atoms with Gasteiger partial charge >= 0.3 is 0 Å². The Morgan fingerprint density at radius 3 is 1.17 bits per heavy atom. The highest BCUT2D eigenvalue weighted by Gasteiger charge is 2.24. The molecule has 0 atom stereocenters. The van der Waals surface area contributed by atoms with Crippen LogP contribution in [0, 0.1) is 0 Å². The Morgan fingerprint density at radius 1 is 0.273 bits per heavy atom. The van der Waals surface area contributed by atoms with Gasteiger partial charge in [0.25, 0.3) is 0 Å². The molecule has 0 radical (unpaired) electrons. The predicted molar refractivity (Wildman–Crippen MR) is 281 cm³/mol. The van der Waals surface area contributed by atoms with Crippen LogP contribution < -0.4 is 9.80 Å². The molecule has 2 nitrogen and oxygen atoms in total. The molecule has 0 bridgehead atoms. The number of rotatable bonds is 10. The molecule has 66 heavy (non-hydrogen) atoms. The minimum absolute atomic E-state index is 0.961. The Bertz CT molecular complexity index is 3350. The first-order valence-electron chi connectivity index (χ1n) is 22.9. The number of benzene rings is 10. The molecule has 0 unspecified atom stereocenters. The smallest absolute Gasteiger partial charge is 0.0546 e. The van der Waals surface area contributed by atoms with Gasteiger partial charge in [-0.15, -0.1) is 0 Å². The van der Waals surface area contributed by atoms with E-state index in [2.05, 4.69) is 265 Å². The Morgan fingerprint density at radius 2 is 0.667 bits per heavy atom. The third-order valence-electron chi connectivity index (χ3n) is 13.2. The summed E-state index contributed by atoms with van der Waals surface area (Å²) in [5.74, 6) is 0. The molecule has 10 aromatic carbocycles. The van der Waals surface area contributed by atoms with Crippen LogP contribution in [0.15, 0.2) is 243 Å². The van der Waals surface area contributed by atoms with Gasteiger partial charge in [-0.1, -0.05) is 182 Å². The summed E-state index contributed by atoms with van der Waals surface area (Å²) in [6.07, 6.45) is 11.2. The highest BCUT2D eigenvalue weighted by Crippen LogP contribution is 2.47. The summed E-state index contributed by atoms with van der Waals surface area (Å²) < 4.78 is 0. The van der Waals surface area contributed by atoms with Crippen molar-refractivity contribution in [3.8, 4) is 44.5 Å². The van der Waals surface area contributed by atoms with Crippen LogP contribution in [-0.2, 0) is 12.8 Å². The lowest BCUT2D eigenvalue weighted by atomic mass is 9.84. The van der Waals surface area contributed by atoms with Crippen molar-refractivity contribution in [1.29, 1.82) is 0 Å². The van der Waals surface area contributed by atoms with Crippen LogP contribution >= 0.6 is 0 Å². The SMILES string of the molecule is C1=Cc2cc(N(c3ccccc3)c3ccc(-c4ccc(N(c5ccc(-c6ccccc6)cc5)c5cc(-c6ccccc6)cc(-c6ccccc6)c5)cc4)cc3)c3c4c(ccc(c24)C1)CC=C3. The third-order valence-corrected chi connectivity index (χ3v) is 13.2. The molecule has 0 saturated heterocycles. The van der Waals surface area contributed by atoms with E-state index in [0.29, 0.717) is 0 Å². The van der Waals surface area contributed by atoms with E-state index in [1.165, 1.54) is 77.7 Å². The van der Waals surface area contributed by atoms with E-state index >= 15 is 0 Å². The van der Waals surface area contributed by atoms with Crippen molar-refractivity contribution >= 4 is 57.0 Å². The number of hydrogen-bond donors (Lipinski definition) is 0. The molecule has 2 aliphatic carbocycles. The van der Waals surface area contributed by atoms with Crippen molar-refractivity contribution in [2.24, 2.45) is 0 Å². The molecule has 10 aromatic rings. The molecule has 0 fully saturated rings. The van der Waals surface area contributed by atoms with E-state index < -0.39 is 0 Å². The van der Waals surface area contributed by atoms with Gasteiger partial charge in [0.1, 0.15) is 0 Å². The molecule has 0 aromatic heterocycles. The summed E-state index contributed by atoms with van der Waals surface area (Å²) in [4.78, 5) is 4.82.